The summed E-state index contributed by atoms with van der Waals surface area (Å²) in [4.78, 5) is 25.5. The molecule has 1 aliphatic heterocycles. The van der Waals surface area contributed by atoms with Crippen LogP contribution in [0.25, 0.3) is 0 Å². The topological polar surface area (TPSA) is 88.1 Å². The van der Waals surface area contributed by atoms with E-state index in [4.69, 9.17) is 14.6 Å². The van der Waals surface area contributed by atoms with Crippen molar-refractivity contribution in [1.82, 2.24) is 0 Å². The van der Waals surface area contributed by atoms with E-state index in [1.165, 1.54) is 0 Å². The highest BCUT2D eigenvalue weighted by Gasteiger charge is 2.23. The van der Waals surface area contributed by atoms with E-state index in [-0.39, 0.29) is 18.4 Å². The minimum absolute atomic E-state index is 0.0954. The minimum atomic E-state index is -0.918. The molecule has 0 spiro atoms. The third kappa shape index (κ3) is 5.18. The van der Waals surface area contributed by atoms with Crippen molar-refractivity contribution in [1.29, 1.82) is 0 Å². The number of carbonyl (C=O) groups is 2. The number of nitrogens with one attached hydrogen (secondary N) is 1. The lowest BCUT2D eigenvalue weighted by molar-refractivity contribution is -0.136. The SMILES string of the molecule is CN1C[C@H](COc2ccc(C(=O)Nc3cccc(CC(=O)O)c3)cc2)Oc2ccccc21. The number of hydrogen-bond donors (Lipinski definition) is 2. The Morgan fingerprint density at radius 2 is 1.88 bits per heavy atom. The van der Waals surface area contributed by atoms with Crippen molar-refractivity contribution in [3.63, 3.8) is 0 Å². The monoisotopic (exact) mass is 432 g/mol. The quantitative estimate of drug-likeness (QED) is 0.590. The van der Waals surface area contributed by atoms with E-state index in [2.05, 4.69) is 10.2 Å². The van der Waals surface area contributed by atoms with Gasteiger partial charge in [-0.15, -0.1) is 0 Å². The van der Waals surface area contributed by atoms with Gasteiger partial charge in [-0.2, -0.15) is 0 Å². The predicted molar refractivity (Wildman–Crippen MR) is 122 cm³/mol. The molecular weight excluding hydrogens is 408 g/mol. The number of anilines is 2. The summed E-state index contributed by atoms with van der Waals surface area (Å²) in [6, 6.07) is 21.6. The van der Waals surface area contributed by atoms with Crippen LogP contribution in [0.1, 0.15) is 15.9 Å². The first-order chi connectivity index (χ1) is 15.5. The first-order valence-electron chi connectivity index (χ1n) is 10.3. The molecule has 0 aromatic heterocycles. The van der Waals surface area contributed by atoms with Gasteiger partial charge in [0.2, 0.25) is 0 Å². The molecule has 32 heavy (non-hydrogen) atoms. The second-order valence-corrected chi connectivity index (χ2v) is 7.65. The summed E-state index contributed by atoms with van der Waals surface area (Å²) in [5, 5.41) is 11.7. The minimum Gasteiger partial charge on any atom is -0.490 e. The van der Waals surface area contributed by atoms with E-state index in [0.29, 0.717) is 29.2 Å². The van der Waals surface area contributed by atoms with Crippen molar-refractivity contribution >= 4 is 23.3 Å². The van der Waals surface area contributed by atoms with Gasteiger partial charge in [0.05, 0.1) is 18.7 Å². The number of carboxylic acids is 1. The number of amides is 1. The number of para-hydroxylation sites is 2. The molecule has 0 bridgehead atoms. The fraction of sp³-hybridized carbons (Fsp3) is 0.200. The third-order valence-electron chi connectivity index (χ3n) is 5.14. The van der Waals surface area contributed by atoms with Gasteiger partial charge in [0.1, 0.15) is 24.2 Å². The summed E-state index contributed by atoms with van der Waals surface area (Å²) in [6.45, 7) is 1.11. The molecule has 164 valence electrons. The first kappa shape index (κ1) is 21.2. The van der Waals surface area contributed by atoms with E-state index in [0.717, 1.165) is 18.0 Å². The van der Waals surface area contributed by atoms with E-state index in [9.17, 15) is 9.59 Å². The van der Waals surface area contributed by atoms with Crippen molar-refractivity contribution in [3.8, 4) is 11.5 Å². The highest BCUT2D eigenvalue weighted by molar-refractivity contribution is 6.04. The molecule has 1 atom stereocenters. The van der Waals surface area contributed by atoms with Gasteiger partial charge in [0.15, 0.2) is 0 Å². The second kappa shape index (κ2) is 9.43. The van der Waals surface area contributed by atoms with Crippen LogP contribution in [0, 0.1) is 0 Å². The molecule has 0 unspecified atom stereocenters. The average Bonchev–Trinajstić information content (AvgIpc) is 2.78. The molecule has 1 amide bonds. The zero-order valence-corrected chi connectivity index (χ0v) is 17.7. The van der Waals surface area contributed by atoms with Gasteiger partial charge in [-0.1, -0.05) is 24.3 Å². The molecule has 7 nitrogen and oxygen atoms in total. The summed E-state index contributed by atoms with van der Waals surface area (Å²) < 4.78 is 11.9. The molecule has 1 aliphatic rings. The molecule has 0 fully saturated rings. The Bertz CT molecular complexity index is 1110. The van der Waals surface area contributed by atoms with Crippen LogP contribution in [0.2, 0.25) is 0 Å². The lowest BCUT2D eigenvalue weighted by Crippen LogP contribution is -2.41. The van der Waals surface area contributed by atoms with Gasteiger partial charge in [-0.25, -0.2) is 0 Å². The van der Waals surface area contributed by atoms with Gasteiger partial charge in [0, 0.05) is 18.3 Å². The summed E-state index contributed by atoms with van der Waals surface area (Å²) in [5.74, 6) is 0.292. The molecule has 0 aliphatic carbocycles. The smallest absolute Gasteiger partial charge is 0.307 e. The molecular formula is C25H24N2O5. The number of carbonyl (C=O) groups excluding carboxylic acids is 1. The van der Waals surface area contributed by atoms with E-state index < -0.39 is 5.97 Å². The molecule has 7 heteroatoms. The number of rotatable bonds is 7. The van der Waals surface area contributed by atoms with E-state index in [1.807, 2.05) is 31.3 Å². The predicted octanol–water partition coefficient (Wildman–Crippen LogP) is 3.84. The highest BCUT2D eigenvalue weighted by Crippen LogP contribution is 2.32. The Hall–Kier alpha value is -4.00. The van der Waals surface area contributed by atoms with Crippen molar-refractivity contribution in [3.05, 3.63) is 83.9 Å². The van der Waals surface area contributed by atoms with Crippen LogP contribution < -0.4 is 19.7 Å². The Morgan fingerprint density at radius 3 is 2.66 bits per heavy atom. The standard InChI is InChI=1S/C25H24N2O5/c1-27-15-21(32-23-8-3-2-7-22(23)27)16-31-20-11-9-18(10-12-20)25(30)26-19-6-4-5-17(13-19)14-24(28)29/h2-13,21H,14-16H2,1H3,(H,26,30)(H,28,29)/t21-/m1/s1. The Kier molecular flexibility index (Phi) is 6.26. The normalized spacial score (nSPS) is 14.8. The molecule has 2 N–H and O–H groups in total. The maximum absolute atomic E-state index is 12.5. The maximum Gasteiger partial charge on any atom is 0.307 e. The zero-order chi connectivity index (χ0) is 22.5. The number of fused-ring (bicyclic) bond motifs is 1. The van der Waals surface area contributed by atoms with Crippen LogP contribution in [0.5, 0.6) is 11.5 Å². The summed E-state index contributed by atoms with van der Waals surface area (Å²) in [5.41, 5.74) is 2.71. The number of aliphatic carboxylic acids is 1. The molecule has 0 saturated carbocycles. The lowest BCUT2D eigenvalue weighted by atomic mass is 10.1. The number of nitrogens with zero attached hydrogens (tertiary/aromatic N) is 1. The molecule has 3 aromatic carbocycles. The zero-order valence-electron chi connectivity index (χ0n) is 17.7. The van der Waals surface area contributed by atoms with Crippen LogP contribution >= 0.6 is 0 Å². The summed E-state index contributed by atoms with van der Waals surface area (Å²) >= 11 is 0. The van der Waals surface area contributed by atoms with Crippen LogP contribution in [0.3, 0.4) is 0 Å². The number of likely N-dealkylation sites (N-methyl/N-ethyl adjacent to an activating group) is 1. The molecule has 4 rings (SSSR count). The van der Waals surface area contributed by atoms with Gasteiger partial charge in [-0.3, -0.25) is 9.59 Å². The van der Waals surface area contributed by atoms with Crippen LogP contribution in [0.15, 0.2) is 72.8 Å². The van der Waals surface area contributed by atoms with Crippen molar-refractivity contribution < 1.29 is 24.2 Å². The van der Waals surface area contributed by atoms with E-state index in [1.54, 1.807) is 48.5 Å². The number of hydrogen-bond acceptors (Lipinski definition) is 5. The van der Waals surface area contributed by atoms with Crippen LogP contribution in [-0.2, 0) is 11.2 Å². The Morgan fingerprint density at radius 1 is 1.09 bits per heavy atom. The molecule has 3 aromatic rings. The fourth-order valence-corrected chi connectivity index (χ4v) is 3.61. The summed E-state index contributed by atoms with van der Waals surface area (Å²) in [7, 11) is 2.03. The third-order valence-corrected chi connectivity index (χ3v) is 5.14. The first-order valence-corrected chi connectivity index (χ1v) is 10.3. The molecule has 0 radical (unpaired) electrons. The number of ether oxygens (including phenoxy) is 2. The molecule has 1 heterocycles. The second-order valence-electron chi connectivity index (χ2n) is 7.65. The van der Waals surface area contributed by atoms with Crippen LogP contribution in [-0.4, -0.2) is 43.3 Å². The number of benzene rings is 3. The lowest BCUT2D eigenvalue weighted by Gasteiger charge is -2.33. The maximum atomic E-state index is 12.5. The van der Waals surface area contributed by atoms with Gasteiger partial charge < -0.3 is 24.8 Å². The van der Waals surface area contributed by atoms with E-state index >= 15 is 0 Å². The largest absolute Gasteiger partial charge is 0.490 e. The van der Waals surface area contributed by atoms with Crippen molar-refractivity contribution in [2.45, 2.75) is 12.5 Å². The fourth-order valence-electron chi connectivity index (χ4n) is 3.61. The summed E-state index contributed by atoms with van der Waals surface area (Å²) in [6.07, 6.45) is -0.196. The highest BCUT2D eigenvalue weighted by atomic mass is 16.5. The number of carboxylic acid groups (broad SMARTS) is 1. The Balaban J connectivity index is 1.32. The Labute approximate surface area is 186 Å². The van der Waals surface area contributed by atoms with Crippen LogP contribution in [0.4, 0.5) is 11.4 Å². The van der Waals surface area contributed by atoms with Gasteiger partial charge in [-0.05, 0) is 54.1 Å². The van der Waals surface area contributed by atoms with Crippen molar-refractivity contribution in [2.75, 3.05) is 30.4 Å². The average molecular weight is 432 g/mol. The van der Waals surface area contributed by atoms with Crippen molar-refractivity contribution in [2.24, 2.45) is 0 Å². The van der Waals surface area contributed by atoms with Gasteiger partial charge in [0.25, 0.3) is 5.91 Å². The molecule has 0 saturated heterocycles. The van der Waals surface area contributed by atoms with Gasteiger partial charge >= 0.3 is 5.97 Å².